The van der Waals surface area contributed by atoms with Gasteiger partial charge in [0.15, 0.2) is 5.54 Å². The highest BCUT2D eigenvalue weighted by atomic mass is 16.5. The Hall–Kier alpha value is -3.35. The van der Waals surface area contributed by atoms with Crippen LogP contribution in [0.5, 0.6) is 5.75 Å². The van der Waals surface area contributed by atoms with Crippen LogP contribution in [0.2, 0.25) is 0 Å². The molecule has 32 heavy (non-hydrogen) atoms. The Balaban J connectivity index is 1.42. The number of rotatable bonds is 4. The monoisotopic (exact) mass is 433 g/mol. The summed E-state index contributed by atoms with van der Waals surface area (Å²) in [7, 11) is 0. The van der Waals surface area contributed by atoms with Gasteiger partial charge < -0.3 is 15.0 Å². The number of benzene rings is 2. The highest BCUT2D eigenvalue weighted by Crippen LogP contribution is 2.41. The van der Waals surface area contributed by atoms with Crippen molar-refractivity contribution < 1.29 is 19.1 Å². The molecule has 7 heteroatoms. The molecule has 0 unspecified atom stereocenters. The van der Waals surface area contributed by atoms with Crippen LogP contribution in [0, 0.1) is 0 Å². The van der Waals surface area contributed by atoms with Crippen molar-refractivity contribution in [1.29, 1.82) is 0 Å². The standard InChI is InChI=1S/C25H27N3O4/c29-22(28(18-9-3-1-4-10-18)19-11-5-2-6-12-19)17-27-23(30)25(26-24(27)31)15-16-32-21-14-8-7-13-20(21)25/h1,3-4,7-10,13-14,19H,2,5-6,11-12,15-17H2,(H,26,31)/t25-/m0/s1. The van der Waals surface area contributed by atoms with E-state index in [0.29, 0.717) is 24.3 Å². The molecule has 1 saturated carbocycles. The number of hydrogen-bond acceptors (Lipinski definition) is 4. The number of para-hydroxylation sites is 2. The van der Waals surface area contributed by atoms with Gasteiger partial charge in [-0.1, -0.05) is 55.7 Å². The van der Waals surface area contributed by atoms with E-state index in [1.807, 2.05) is 42.5 Å². The molecule has 2 aromatic rings. The molecule has 0 radical (unpaired) electrons. The largest absolute Gasteiger partial charge is 0.493 e. The summed E-state index contributed by atoms with van der Waals surface area (Å²) in [6, 6.07) is 16.3. The second-order valence-electron chi connectivity index (χ2n) is 8.71. The summed E-state index contributed by atoms with van der Waals surface area (Å²) >= 11 is 0. The van der Waals surface area contributed by atoms with E-state index in [1.54, 1.807) is 17.0 Å². The lowest BCUT2D eigenvalue weighted by Crippen LogP contribution is -2.50. The molecule has 7 nitrogen and oxygen atoms in total. The average Bonchev–Trinajstić information content (AvgIpc) is 3.05. The van der Waals surface area contributed by atoms with Crippen molar-refractivity contribution in [1.82, 2.24) is 10.2 Å². The zero-order valence-electron chi connectivity index (χ0n) is 18.0. The lowest BCUT2D eigenvalue weighted by atomic mass is 9.84. The topological polar surface area (TPSA) is 79.0 Å². The summed E-state index contributed by atoms with van der Waals surface area (Å²) in [6.45, 7) is 0.0455. The summed E-state index contributed by atoms with van der Waals surface area (Å²) < 4.78 is 5.69. The maximum Gasteiger partial charge on any atom is 0.325 e. The number of carbonyl (C=O) groups is 3. The first-order chi connectivity index (χ1) is 15.6. The van der Waals surface area contributed by atoms with Gasteiger partial charge in [-0.3, -0.25) is 14.5 Å². The van der Waals surface area contributed by atoms with Gasteiger partial charge in [-0.25, -0.2) is 4.79 Å². The highest BCUT2D eigenvalue weighted by Gasteiger charge is 2.55. The second kappa shape index (κ2) is 8.30. The van der Waals surface area contributed by atoms with Gasteiger partial charge in [-0.2, -0.15) is 0 Å². The molecule has 2 heterocycles. The first kappa shape index (κ1) is 20.5. The van der Waals surface area contributed by atoms with Crippen LogP contribution >= 0.6 is 0 Å². The molecule has 166 valence electrons. The van der Waals surface area contributed by atoms with E-state index in [0.717, 1.165) is 36.3 Å². The van der Waals surface area contributed by atoms with Crippen LogP contribution in [0.3, 0.4) is 0 Å². The number of urea groups is 1. The summed E-state index contributed by atoms with van der Waals surface area (Å²) in [5, 5.41) is 2.88. The van der Waals surface area contributed by atoms with Gasteiger partial charge in [-0.05, 0) is 31.0 Å². The van der Waals surface area contributed by atoms with Gasteiger partial charge in [0.25, 0.3) is 5.91 Å². The van der Waals surface area contributed by atoms with E-state index in [1.165, 1.54) is 6.42 Å². The maximum absolute atomic E-state index is 13.5. The number of carbonyl (C=O) groups excluding carboxylic acids is 3. The molecule has 2 aliphatic heterocycles. The van der Waals surface area contributed by atoms with Crippen LogP contribution in [0.15, 0.2) is 54.6 Å². The molecule has 1 saturated heterocycles. The molecular weight excluding hydrogens is 406 g/mol. The number of amides is 4. The third-order valence-electron chi connectivity index (χ3n) is 6.79. The Bertz CT molecular complexity index is 1030. The van der Waals surface area contributed by atoms with Gasteiger partial charge in [0.05, 0.1) is 6.61 Å². The number of imide groups is 1. The van der Waals surface area contributed by atoms with Gasteiger partial charge >= 0.3 is 6.03 Å². The normalized spacial score (nSPS) is 22.9. The van der Waals surface area contributed by atoms with Gasteiger partial charge in [0.2, 0.25) is 5.91 Å². The Morgan fingerprint density at radius 1 is 1.03 bits per heavy atom. The minimum atomic E-state index is -1.17. The predicted octanol–water partition coefficient (Wildman–Crippen LogP) is 3.58. The number of ether oxygens (including phenoxy) is 1. The number of nitrogens with zero attached hydrogens (tertiary/aromatic N) is 2. The summed E-state index contributed by atoms with van der Waals surface area (Å²) in [6.07, 6.45) is 5.51. The molecule has 5 rings (SSSR count). The molecule has 3 aliphatic rings. The van der Waals surface area contributed by atoms with Gasteiger partial charge in [0, 0.05) is 23.7 Å². The Morgan fingerprint density at radius 3 is 2.53 bits per heavy atom. The number of anilines is 1. The van der Waals surface area contributed by atoms with Crippen LogP contribution in [0.1, 0.15) is 44.1 Å². The first-order valence-electron chi connectivity index (χ1n) is 11.3. The molecule has 2 aromatic carbocycles. The third kappa shape index (κ3) is 3.42. The van der Waals surface area contributed by atoms with Crippen molar-refractivity contribution in [3.8, 4) is 5.75 Å². The van der Waals surface area contributed by atoms with Crippen molar-refractivity contribution in [2.45, 2.75) is 50.1 Å². The first-order valence-corrected chi connectivity index (χ1v) is 11.3. The second-order valence-corrected chi connectivity index (χ2v) is 8.71. The fourth-order valence-electron chi connectivity index (χ4n) is 5.21. The third-order valence-corrected chi connectivity index (χ3v) is 6.79. The van der Waals surface area contributed by atoms with E-state index < -0.39 is 11.6 Å². The van der Waals surface area contributed by atoms with Crippen LogP contribution in [0.25, 0.3) is 0 Å². The maximum atomic E-state index is 13.5. The van der Waals surface area contributed by atoms with Gasteiger partial charge in [-0.15, -0.1) is 0 Å². The van der Waals surface area contributed by atoms with E-state index >= 15 is 0 Å². The molecule has 1 N–H and O–H groups in total. The van der Waals surface area contributed by atoms with Crippen molar-refractivity contribution >= 4 is 23.5 Å². The van der Waals surface area contributed by atoms with Crippen molar-refractivity contribution in [3.63, 3.8) is 0 Å². The summed E-state index contributed by atoms with van der Waals surface area (Å²) in [5.41, 5.74) is 0.281. The summed E-state index contributed by atoms with van der Waals surface area (Å²) in [5.74, 6) is -0.0269. The van der Waals surface area contributed by atoms with Crippen LogP contribution < -0.4 is 15.0 Å². The fourth-order valence-corrected chi connectivity index (χ4v) is 5.21. The van der Waals surface area contributed by atoms with Crippen molar-refractivity contribution in [2.75, 3.05) is 18.1 Å². The Kier molecular flexibility index (Phi) is 5.33. The lowest BCUT2D eigenvalue weighted by molar-refractivity contribution is -0.135. The summed E-state index contributed by atoms with van der Waals surface area (Å²) in [4.78, 5) is 42.9. The average molecular weight is 434 g/mol. The molecule has 0 aromatic heterocycles. The smallest absolute Gasteiger partial charge is 0.325 e. The molecule has 2 fully saturated rings. The predicted molar refractivity (Wildman–Crippen MR) is 119 cm³/mol. The minimum absolute atomic E-state index is 0.0807. The van der Waals surface area contributed by atoms with Crippen LogP contribution in [-0.4, -0.2) is 41.9 Å². The zero-order chi connectivity index (χ0) is 22.1. The van der Waals surface area contributed by atoms with E-state index in [9.17, 15) is 14.4 Å². The molecular formula is C25H27N3O4. The fraction of sp³-hybridized carbons (Fsp3) is 0.400. The molecule has 1 atom stereocenters. The minimum Gasteiger partial charge on any atom is -0.493 e. The van der Waals surface area contributed by atoms with Crippen LogP contribution in [0.4, 0.5) is 10.5 Å². The SMILES string of the molecule is O=C1N[C@]2(CCOc3ccccc32)C(=O)N1CC(=O)N(c1ccccc1)C1CCCCC1. The van der Waals surface area contributed by atoms with Gasteiger partial charge in [0.1, 0.15) is 12.3 Å². The van der Waals surface area contributed by atoms with E-state index in [-0.39, 0.29) is 24.4 Å². The Morgan fingerprint density at radius 2 is 1.75 bits per heavy atom. The quantitative estimate of drug-likeness (QED) is 0.748. The molecule has 1 aliphatic carbocycles. The molecule has 0 bridgehead atoms. The van der Waals surface area contributed by atoms with Crippen molar-refractivity contribution in [3.05, 3.63) is 60.2 Å². The van der Waals surface area contributed by atoms with Crippen molar-refractivity contribution in [2.24, 2.45) is 0 Å². The Labute approximate surface area is 187 Å². The van der Waals surface area contributed by atoms with E-state index in [2.05, 4.69) is 5.32 Å². The molecule has 1 spiro atoms. The highest BCUT2D eigenvalue weighted by molar-refractivity contribution is 6.11. The van der Waals surface area contributed by atoms with Crippen LogP contribution in [-0.2, 0) is 15.1 Å². The number of nitrogens with one attached hydrogen (secondary N) is 1. The van der Waals surface area contributed by atoms with E-state index in [4.69, 9.17) is 4.74 Å². The number of hydrogen-bond donors (Lipinski definition) is 1. The number of fused-ring (bicyclic) bond motifs is 2. The zero-order valence-corrected chi connectivity index (χ0v) is 18.0. The molecule has 4 amide bonds. The lowest BCUT2D eigenvalue weighted by Gasteiger charge is -2.35.